The molecule has 0 radical (unpaired) electrons. The van der Waals surface area contributed by atoms with Crippen molar-refractivity contribution in [2.75, 3.05) is 25.1 Å². The Kier molecular flexibility index (Phi) is 6.18. The van der Waals surface area contributed by atoms with Gasteiger partial charge in [0.25, 0.3) is 11.6 Å². The molecule has 0 bridgehead atoms. The quantitative estimate of drug-likeness (QED) is 0.446. The first kappa shape index (κ1) is 20.4. The van der Waals surface area contributed by atoms with Gasteiger partial charge in [-0.05, 0) is 25.1 Å². The molecule has 1 heterocycles. The number of nitro benzene ring substituents is 1. The van der Waals surface area contributed by atoms with Crippen molar-refractivity contribution in [2.24, 2.45) is 0 Å². The van der Waals surface area contributed by atoms with E-state index < -0.39 is 23.4 Å². The molecule has 0 spiro atoms. The Morgan fingerprint density at radius 1 is 1.28 bits per heavy atom. The number of rotatable bonds is 5. The Morgan fingerprint density at radius 3 is 2.79 bits per heavy atom. The predicted octanol–water partition coefficient (Wildman–Crippen LogP) is 3.51. The van der Waals surface area contributed by atoms with E-state index in [0.717, 1.165) is 0 Å². The van der Waals surface area contributed by atoms with E-state index in [1.807, 2.05) is 0 Å². The van der Waals surface area contributed by atoms with Crippen molar-refractivity contribution < 1.29 is 28.7 Å². The van der Waals surface area contributed by atoms with E-state index in [9.17, 15) is 19.7 Å². The number of carbonyl (C=O) groups is 2. The second kappa shape index (κ2) is 8.78. The highest BCUT2D eigenvalue weighted by Gasteiger charge is 2.20. The van der Waals surface area contributed by atoms with Crippen molar-refractivity contribution in [3.05, 3.63) is 56.6 Å². The second-order valence-electron chi connectivity index (χ2n) is 6.17. The van der Waals surface area contributed by atoms with Gasteiger partial charge in [0.15, 0.2) is 18.1 Å². The van der Waals surface area contributed by atoms with Gasteiger partial charge < -0.3 is 19.5 Å². The third kappa shape index (κ3) is 4.75. The molecule has 0 saturated heterocycles. The predicted molar refractivity (Wildman–Crippen MR) is 104 cm³/mol. The molecule has 1 N–H and O–H groups in total. The summed E-state index contributed by atoms with van der Waals surface area (Å²) in [6.45, 7) is 1.81. The summed E-state index contributed by atoms with van der Waals surface area (Å²) in [5.41, 5.74) is 0.547. The molecular weight excluding hydrogens is 404 g/mol. The van der Waals surface area contributed by atoms with Gasteiger partial charge in [0.05, 0.1) is 40.0 Å². The summed E-state index contributed by atoms with van der Waals surface area (Å²) in [5, 5.41) is 13.7. The summed E-state index contributed by atoms with van der Waals surface area (Å²) in [7, 11) is 0. The zero-order valence-corrected chi connectivity index (χ0v) is 16.2. The highest BCUT2D eigenvalue weighted by atomic mass is 35.5. The first-order valence-corrected chi connectivity index (χ1v) is 9.04. The lowest BCUT2D eigenvalue weighted by Crippen LogP contribution is -2.21. The van der Waals surface area contributed by atoms with E-state index in [1.165, 1.54) is 37.3 Å². The summed E-state index contributed by atoms with van der Waals surface area (Å²) in [4.78, 5) is 34.8. The highest BCUT2D eigenvalue weighted by molar-refractivity contribution is 6.32. The van der Waals surface area contributed by atoms with Gasteiger partial charge in [-0.25, -0.2) is 4.79 Å². The van der Waals surface area contributed by atoms with Gasteiger partial charge in [-0.1, -0.05) is 17.7 Å². The molecule has 0 atom stereocenters. The van der Waals surface area contributed by atoms with Gasteiger partial charge in [0.2, 0.25) is 0 Å². The van der Waals surface area contributed by atoms with E-state index in [1.54, 1.807) is 0 Å². The van der Waals surface area contributed by atoms with E-state index in [-0.39, 0.29) is 22.0 Å². The topological polar surface area (TPSA) is 117 Å². The molecule has 0 saturated carbocycles. The third-order valence-electron chi connectivity index (χ3n) is 4.15. The van der Waals surface area contributed by atoms with Crippen LogP contribution in [0.3, 0.4) is 0 Å². The Bertz CT molecular complexity index is 977. The van der Waals surface area contributed by atoms with Gasteiger partial charge in [0, 0.05) is 12.5 Å². The molecule has 29 heavy (non-hydrogen) atoms. The SMILES string of the molecule is Cc1c(NC(=O)COC(=O)c2cc(Cl)c3c(c2)OCCCO3)cccc1[N+](=O)[O-]. The fourth-order valence-electron chi connectivity index (χ4n) is 2.71. The Hall–Kier alpha value is -3.33. The zero-order valence-electron chi connectivity index (χ0n) is 15.4. The number of carbonyl (C=O) groups excluding carboxylic acids is 2. The number of esters is 1. The van der Waals surface area contributed by atoms with Crippen molar-refractivity contribution in [2.45, 2.75) is 13.3 Å². The van der Waals surface area contributed by atoms with Crippen molar-refractivity contribution in [3.8, 4) is 11.5 Å². The fraction of sp³-hybridized carbons (Fsp3) is 0.263. The van der Waals surface area contributed by atoms with Crippen molar-refractivity contribution in [3.63, 3.8) is 0 Å². The second-order valence-corrected chi connectivity index (χ2v) is 6.57. The number of amides is 1. The summed E-state index contributed by atoms with van der Waals surface area (Å²) in [5.74, 6) is -0.714. The first-order valence-electron chi connectivity index (χ1n) is 8.67. The van der Waals surface area contributed by atoms with Crippen LogP contribution in [0.4, 0.5) is 11.4 Å². The van der Waals surface area contributed by atoms with Crippen LogP contribution in [0.2, 0.25) is 5.02 Å². The third-order valence-corrected chi connectivity index (χ3v) is 4.43. The number of hydrogen-bond acceptors (Lipinski definition) is 7. The van der Waals surface area contributed by atoms with E-state index in [0.29, 0.717) is 36.7 Å². The molecule has 0 fully saturated rings. The molecule has 2 aromatic carbocycles. The van der Waals surface area contributed by atoms with Crippen LogP contribution in [-0.2, 0) is 9.53 Å². The van der Waals surface area contributed by atoms with Gasteiger partial charge in [-0.3, -0.25) is 14.9 Å². The van der Waals surface area contributed by atoms with Crippen LogP contribution in [-0.4, -0.2) is 36.6 Å². The number of hydrogen-bond donors (Lipinski definition) is 1. The summed E-state index contributed by atoms with van der Waals surface area (Å²) in [6, 6.07) is 7.12. The minimum atomic E-state index is -0.770. The van der Waals surface area contributed by atoms with E-state index in [2.05, 4.69) is 5.32 Å². The number of fused-ring (bicyclic) bond motifs is 1. The minimum absolute atomic E-state index is 0.110. The van der Waals surface area contributed by atoms with Gasteiger partial charge in [-0.2, -0.15) is 0 Å². The molecule has 9 nitrogen and oxygen atoms in total. The maximum absolute atomic E-state index is 12.3. The highest BCUT2D eigenvalue weighted by Crippen LogP contribution is 2.38. The Balaban J connectivity index is 1.65. The van der Waals surface area contributed by atoms with Crippen LogP contribution in [0.25, 0.3) is 0 Å². The number of benzene rings is 2. The summed E-state index contributed by atoms with van der Waals surface area (Å²) < 4.78 is 16.0. The molecule has 1 amide bonds. The fourth-order valence-corrected chi connectivity index (χ4v) is 2.97. The van der Waals surface area contributed by atoms with Crippen LogP contribution in [0.1, 0.15) is 22.3 Å². The number of anilines is 1. The average molecular weight is 421 g/mol. The number of nitrogens with one attached hydrogen (secondary N) is 1. The normalized spacial score (nSPS) is 12.6. The van der Waals surface area contributed by atoms with Crippen LogP contribution >= 0.6 is 11.6 Å². The lowest BCUT2D eigenvalue weighted by molar-refractivity contribution is -0.385. The monoisotopic (exact) mass is 420 g/mol. The molecule has 1 aliphatic heterocycles. The van der Waals surface area contributed by atoms with Crippen LogP contribution in [0.15, 0.2) is 30.3 Å². The molecule has 10 heteroatoms. The summed E-state index contributed by atoms with van der Waals surface area (Å²) >= 11 is 6.14. The average Bonchev–Trinajstić information content (AvgIpc) is 2.93. The van der Waals surface area contributed by atoms with E-state index in [4.69, 9.17) is 25.8 Å². The minimum Gasteiger partial charge on any atom is -0.489 e. The number of ether oxygens (including phenoxy) is 3. The van der Waals surface area contributed by atoms with E-state index >= 15 is 0 Å². The van der Waals surface area contributed by atoms with Gasteiger partial charge >= 0.3 is 5.97 Å². The van der Waals surface area contributed by atoms with Gasteiger partial charge in [0.1, 0.15) is 0 Å². The largest absolute Gasteiger partial charge is 0.489 e. The van der Waals surface area contributed by atoms with Crippen molar-refractivity contribution >= 4 is 34.9 Å². The molecule has 3 rings (SSSR count). The molecule has 2 aromatic rings. The molecule has 0 unspecified atom stereocenters. The van der Waals surface area contributed by atoms with Crippen molar-refractivity contribution in [1.82, 2.24) is 0 Å². The lowest BCUT2D eigenvalue weighted by Gasteiger charge is -2.12. The molecule has 152 valence electrons. The standard InChI is InChI=1S/C19H17ClN2O7/c1-11-14(4-2-5-15(11)22(25)26)21-17(23)10-29-19(24)12-8-13(20)18-16(9-12)27-6-3-7-28-18/h2,4-5,8-9H,3,6-7,10H2,1H3,(H,21,23). The Labute approximate surface area is 170 Å². The first-order chi connectivity index (χ1) is 13.9. The number of nitro groups is 1. The van der Waals surface area contributed by atoms with Crippen LogP contribution in [0.5, 0.6) is 11.5 Å². The lowest BCUT2D eigenvalue weighted by atomic mass is 10.1. The maximum atomic E-state index is 12.3. The maximum Gasteiger partial charge on any atom is 0.338 e. The summed E-state index contributed by atoms with van der Waals surface area (Å²) in [6.07, 6.45) is 0.683. The molecule has 1 aliphatic rings. The molecular formula is C19H17ClN2O7. The van der Waals surface area contributed by atoms with Gasteiger partial charge in [-0.15, -0.1) is 0 Å². The van der Waals surface area contributed by atoms with Crippen molar-refractivity contribution in [1.29, 1.82) is 0 Å². The zero-order chi connectivity index (χ0) is 21.0. The molecule has 0 aliphatic carbocycles. The van der Waals surface area contributed by atoms with Crippen LogP contribution < -0.4 is 14.8 Å². The smallest absolute Gasteiger partial charge is 0.338 e. The van der Waals surface area contributed by atoms with Crippen LogP contribution in [0, 0.1) is 17.0 Å². The number of halogens is 1. The Morgan fingerprint density at radius 2 is 2.03 bits per heavy atom. The number of nitrogens with zero attached hydrogens (tertiary/aromatic N) is 1. The molecule has 0 aromatic heterocycles.